The van der Waals surface area contributed by atoms with Crippen LogP contribution in [-0.4, -0.2) is 18.0 Å². The highest BCUT2D eigenvalue weighted by atomic mass is 35.5. The zero-order chi connectivity index (χ0) is 8.27. The van der Waals surface area contributed by atoms with Crippen LogP contribution in [0.4, 0.5) is 0 Å². The van der Waals surface area contributed by atoms with E-state index in [9.17, 15) is 4.79 Å². The second-order valence-corrected chi connectivity index (χ2v) is 3.20. The molecule has 0 bridgehead atoms. The van der Waals surface area contributed by atoms with E-state index in [-0.39, 0.29) is 11.3 Å². The molecular formula is C8H11ClO2. The van der Waals surface area contributed by atoms with Gasteiger partial charge in [-0.05, 0) is 24.4 Å². The lowest BCUT2D eigenvalue weighted by Crippen LogP contribution is -2.21. The van der Waals surface area contributed by atoms with E-state index >= 15 is 0 Å². The van der Waals surface area contributed by atoms with Gasteiger partial charge in [0.2, 0.25) is 5.24 Å². The van der Waals surface area contributed by atoms with Crippen LogP contribution in [0.15, 0.2) is 12.2 Å². The Morgan fingerprint density at radius 1 is 1.82 bits per heavy atom. The Labute approximate surface area is 71.2 Å². The molecule has 1 aliphatic heterocycles. The van der Waals surface area contributed by atoms with Crippen molar-refractivity contribution < 1.29 is 9.53 Å². The van der Waals surface area contributed by atoms with Gasteiger partial charge in [0.05, 0.1) is 12.7 Å². The highest BCUT2D eigenvalue weighted by molar-refractivity contribution is 6.63. The molecule has 11 heavy (non-hydrogen) atoms. The largest absolute Gasteiger partial charge is 0.373 e. The van der Waals surface area contributed by atoms with Crippen LogP contribution in [0.3, 0.4) is 0 Å². The summed E-state index contributed by atoms with van der Waals surface area (Å²) < 4.78 is 5.30. The molecule has 0 saturated carbocycles. The Kier molecular flexibility index (Phi) is 3.09. The molecule has 1 rings (SSSR count). The van der Waals surface area contributed by atoms with E-state index in [0.29, 0.717) is 13.0 Å². The van der Waals surface area contributed by atoms with Gasteiger partial charge in [0.15, 0.2) is 0 Å². The van der Waals surface area contributed by atoms with Crippen molar-refractivity contribution in [2.75, 3.05) is 6.61 Å². The van der Waals surface area contributed by atoms with Crippen molar-refractivity contribution in [1.82, 2.24) is 0 Å². The molecule has 0 spiro atoms. The highest BCUT2D eigenvalue weighted by Crippen LogP contribution is 2.19. The van der Waals surface area contributed by atoms with Gasteiger partial charge in [0, 0.05) is 6.42 Å². The van der Waals surface area contributed by atoms with Gasteiger partial charge < -0.3 is 4.74 Å². The molecule has 1 atom stereocenters. The third-order valence-electron chi connectivity index (χ3n) is 1.73. The zero-order valence-electron chi connectivity index (χ0n) is 6.31. The molecular weight excluding hydrogens is 164 g/mol. The minimum absolute atomic E-state index is 0.0190. The van der Waals surface area contributed by atoms with Gasteiger partial charge in [-0.15, -0.1) is 0 Å². The van der Waals surface area contributed by atoms with Crippen molar-refractivity contribution >= 4 is 16.8 Å². The van der Waals surface area contributed by atoms with Crippen LogP contribution in [0.25, 0.3) is 0 Å². The molecule has 1 unspecified atom stereocenters. The summed E-state index contributed by atoms with van der Waals surface area (Å²) in [4.78, 5) is 10.5. The van der Waals surface area contributed by atoms with Crippen LogP contribution < -0.4 is 0 Å². The first-order chi connectivity index (χ1) is 5.18. The minimum atomic E-state index is -0.317. The van der Waals surface area contributed by atoms with Gasteiger partial charge in [-0.3, -0.25) is 4.79 Å². The maximum atomic E-state index is 10.5. The quantitative estimate of drug-likeness (QED) is 0.472. The maximum absolute atomic E-state index is 10.5. The lowest BCUT2D eigenvalue weighted by Gasteiger charge is -2.22. The lowest BCUT2D eigenvalue weighted by atomic mass is 10.0. The van der Waals surface area contributed by atoms with E-state index in [0.717, 1.165) is 18.4 Å². The SMILES string of the molecule is C=C1CCC(CC(=O)Cl)OC1. The second-order valence-electron chi connectivity index (χ2n) is 2.78. The van der Waals surface area contributed by atoms with E-state index < -0.39 is 0 Å². The number of hydrogen-bond donors (Lipinski definition) is 0. The standard InChI is InChI=1S/C8H11ClO2/c1-6-2-3-7(11-5-6)4-8(9)10/h7H,1-5H2. The van der Waals surface area contributed by atoms with Crippen molar-refractivity contribution in [2.24, 2.45) is 0 Å². The normalized spacial score (nSPS) is 25.2. The Bertz CT molecular complexity index is 167. The Morgan fingerprint density at radius 2 is 2.55 bits per heavy atom. The molecule has 0 radical (unpaired) electrons. The van der Waals surface area contributed by atoms with Crippen molar-refractivity contribution in [1.29, 1.82) is 0 Å². The summed E-state index contributed by atoms with van der Waals surface area (Å²) in [6, 6.07) is 0. The molecule has 0 aromatic carbocycles. The molecule has 0 aromatic rings. The third-order valence-corrected chi connectivity index (χ3v) is 1.89. The second kappa shape index (κ2) is 3.88. The topological polar surface area (TPSA) is 26.3 Å². The molecule has 0 aromatic heterocycles. The summed E-state index contributed by atoms with van der Waals surface area (Å²) in [6.45, 7) is 4.36. The summed E-state index contributed by atoms with van der Waals surface area (Å²) >= 11 is 5.21. The zero-order valence-corrected chi connectivity index (χ0v) is 7.06. The molecule has 3 heteroatoms. The van der Waals surface area contributed by atoms with Crippen LogP contribution in [0.1, 0.15) is 19.3 Å². The first-order valence-electron chi connectivity index (χ1n) is 3.65. The summed E-state index contributed by atoms with van der Waals surface area (Å²) in [5.74, 6) is 0. The molecule has 0 N–H and O–H groups in total. The molecule has 62 valence electrons. The van der Waals surface area contributed by atoms with E-state index in [1.54, 1.807) is 0 Å². The number of hydrogen-bond acceptors (Lipinski definition) is 2. The van der Waals surface area contributed by atoms with Crippen molar-refractivity contribution in [3.8, 4) is 0 Å². The molecule has 1 aliphatic rings. The molecule has 0 aliphatic carbocycles. The predicted octanol–water partition coefficient (Wildman–Crippen LogP) is 1.88. The Morgan fingerprint density at radius 3 is 3.00 bits per heavy atom. The fourth-order valence-electron chi connectivity index (χ4n) is 1.10. The van der Waals surface area contributed by atoms with Gasteiger partial charge in [-0.2, -0.15) is 0 Å². The number of rotatable bonds is 2. The van der Waals surface area contributed by atoms with E-state index in [2.05, 4.69) is 6.58 Å². The average molecular weight is 175 g/mol. The van der Waals surface area contributed by atoms with Crippen molar-refractivity contribution in [3.63, 3.8) is 0 Å². The van der Waals surface area contributed by atoms with Gasteiger partial charge >= 0.3 is 0 Å². The molecule has 1 fully saturated rings. The van der Waals surface area contributed by atoms with E-state index in [1.165, 1.54) is 0 Å². The minimum Gasteiger partial charge on any atom is -0.373 e. The van der Waals surface area contributed by atoms with Gasteiger partial charge in [-0.25, -0.2) is 0 Å². The lowest BCUT2D eigenvalue weighted by molar-refractivity contribution is -0.114. The monoisotopic (exact) mass is 174 g/mol. The fraction of sp³-hybridized carbons (Fsp3) is 0.625. The highest BCUT2D eigenvalue weighted by Gasteiger charge is 2.17. The van der Waals surface area contributed by atoms with Crippen molar-refractivity contribution in [3.05, 3.63) is 12.2 Å². The average Bonchev–Trinajstić information content (AvgIpc) is 1.93. The summed E-state index contributed by atoms with van der Waals surface area (Å²) in [5.41, 5.74) is 1.10. The molecule has 1 heterocycles. The summed E-state index contributed by atoms with van der Waals surface area (Å²) in [5, 5.41) is -0.317. The first-order valence-corrected chi connectivity index (χ1v) is 4.03. The Hall–Kier alpha value is -0.340. The number of halogens is 1. The Balaban J connectivity index is 2.28. The van der Waals surface area contributed by atoms with Crippen LogP contribution in [0.2, 0.25) is 0 Å². The van der Waals surface area contributed by atoms with Crippen LogP contribution in [-0.2, 0) is 9.53 Å². The molecule has 0 amide bonds. The van der Waals surface area contributed by atoms with Gasteiger partial charge in [0.1, 0.15) is 0 Å². The van der Waals surface area contributed by atoms with Crippen LogP contribution in [0.5, 0.6) is 0 Å². The third kappa shape index (κ3) is 3.04. The maximum Gasteiger partial charge on any atom is 0.224 e. The molecule has 2 nitrogen and oxygen atoms in total. The predicted molar refractivity (Wildman–Crippen MR) is 43.6 cm³/mol. The number of carbonyl (C=O) groups is 1. The number of carbonyl (C=O) groups excluding carboxylic acids is 1. The first kappa shape index (κ1) is 8.75. The van der Waals surface area contributed by atoms with Crippen LogP contribution >= 0.6 is 11.6 Å². The fourth-order valence-corrected chi connectivity index (χ4v) is 1.27. The number of ether oxygens (including phenoxy) is 1. The van der Waals surface area contributed by atoms with Crippen LogP contribution in [0, 0.1) is 0 Å². The summed E-state index contributed by atoms with van der Waals surface area (Å²) in [7, 11) is 0. The van der Waals surface area contributed by atoms with Gasteiger partial charge in [0.25, 0.3) is 0 Å². The van der Waals surface area contributed by atoms with Gasteiger partial charge in [-0.1, -0.05) is 12.2 Å². The summed E-state index contributed by atoms with van der Waals surface area (Å²) in [6.07, 6.45) is 2.17. The van der Waals surface area contributed by atoms with Crippen molar-refractivity contribution in [2.45, 2.75) is 25.4 Å². The van der Waals surface area contributed by atoms with E-state index in [1.807, 2.05) is 0 Å². The smallest absolute Gasteiger partial charge is 0.224 e. The van der Waals surface area contributed by atoms with E-state index in [4.69, 9.17) is 16.3 Å². The molecule has 1 saturated heterocycles.